The summed E-state index contributed by atoms with van der Waals surface area (Å²) in [6.45, 7) is 4.90. The van der Waals surface area contributed by atoms with Gasteiger partial charge in [-0.1, -0.05) is 0 Å². The molecule has 0 nitrogen and oxygen atoms in total. The van der Waals surface area contributed by atoms with Gasteiger partial charge in [0.2, 0.25) is 0 Å². The molecule has 0 spiro atoms. The van der Waals surface area contributed by atoms with Crippen molar-refractivity contribution in [1.29, 1.82) is 0 Å². The fourth-order valence-corrected chi connectivity index (χ4v) is 6.56. The van der Waals surface area contributed by atoms with Crippen LogP contribution in [0.5, 0.6) is 0 Å². The summed E-state index contributed by atoms with van der Waals surface area (Å²) in [7, 11) is 0. The van der Waals surface area contributed by atoms with E-state index in [1.165, 1.54) is 30.1 Å². The molecule has 1 aromatic carbocycles. The van der Waals surface area contributed by atoms with Gasteiger partial charge in [-0.2, -0.15) is 0 Å². The van der Waals surface area contributed by atoms with E-state index in [9.17, 15) is 0 Å². The summed E-state index contributed by atoms with van der Waals surface area (Å²) in [5, 5.41) is 0. The van der Waals surface area contributed by atoms with Crippen LogP contribution in [0.25, 0.3) is 0 Å². The monoisotopic (exact) mass is 329 g/mol. The summed E-state index contributed by atoms with van der Waals surface area (Å²) >= 11 is 0.287. The molecule has 0 heterocycles. The Balaban J connectivity index is 2.27. The van der Waals surface area contributed by atoms with Crippen LogP contribution in [0, 0.1) is 5.92 Å². The summed E-state index contributed by atoms with van der Waals surface area (Å²) in [4.78, 5) is 0. The molecule has 0 aliphatic heterocycles. The fraction of sp³-hybridized carbons (Fsp3) is 0.600. The first kappa shape index (κ1) is 12.4. The van der Waals surface area contributed by atoms with Gasteiger partial charge in [0, 0.05) is 0 Å². The average molecular weight is 329 g/mol. The molecule has 0 radical (unpaired) electrons. The van der Waals surface area contributed by atoms with Crippen LogP contribution in [-0.2, 0) is 3.42 Å². The van der Waals surface area contributed by atoms with Gasteiger partial charge in [-0.15, -0.1) is 0 Å². The van der Waals surface area contributed by atoms with Crippen molar-refractivity contribution in [2.24, 2.45) is 5.92 Å². The third kappa shape index (κ3) is 2.44. The number of hydrogen-bond donors (Lipinski definition) is 0. The molecule has 0 saturated heterocycles. The average Bonchev–Trinajstić information content (AvgIpc) is 2.84. The molecule has 2 rings (SSSR count). The van der Waals surface area contributed by atoms with Crippen LogP contribution in [0.2, 0.25) is 0 Å². The van der Waals surface area contributed by atoms with Crippen molar-refractivity contribution in [2.75, 3.05) is 4.43 Å². The summed E-state index contributed by atoms with van der Waals surface area (Å²) in [5.41, 5.74) is 1.61. The van der Waals surface area contributed by atoms with E-state index in [2.05, 4.69) is 44.2 Å². The molecule has 1 aliphatic carbocycles. The minimum atomic E-state index is 0.287. The molecule has 1 aliphatic rings. The molecule has 1 aromatic rings. The molecule has 0 bridgehead atoms. The van der Waals surface area contributed by atoms with Crippen LogP contribution in [0.4, 0.5) is 0 Å². The summed E-state index contributed by atoms with van der Waals surface area (Å²) in [5.74, 6) is 0.961. The Labute approximate surface area is 110 Å². The summed E-state index contributed by atoms with van der Waals surface area (Å²) in [6.07, 6.45) is 5.84. The number of halogens is 1. The SMILES string of the molecule is CC[I-]C(C)(c1ccccc1)C1CCCC1. The molecule has 16 heavy (non-hydrogen) atoms. The second-order valence-electron chi connectivity index (χ2n) is 4.82. The van der Waals surface area contributed by atoms with Crippen LogP contribution in [0.3, 0.4) is 0 Å². The molecule has 1 unspecified atom stereocenters. The first-order valence-electron chi connectivity index (χ1n) is 6.43. The molecule has 90 valence electrons. The van der Waals surface area contributed by atoms with Crippen LogP contribution in [0.15, 0.2) is 30.3 Å². The number of benzene rings is 1. The van der Waals surface area contributed by atoms with Crippen molar-refractivity contribution in [1.82, 2.24) is 0 Å². The zero-order valence-electron chi connectivity index (χ0n) is 10.4. The van der Waals surface area contributed by atoms with Gasteiger partial charge in [-0.05, 0) is 0 Å². The Morgan fingerprint density at radius 2 is 1.81 bits per heavy atom. The standard InChI is InChI=1S/C15H22I/c1-3-16-15(2,14-11-7-8-12-14)13-9-5-4-6-10-13/h4-6,9-10,14H,3,7-8,11-12H2,1-2H3/q-1. The van der Waals surface area contributed by atoms with Gasteiger partial charge < -0.3 is 0 Å². The van der Waals surface area contributed by atoms with E-state index in [-0.39, 0.29) is 21.2 Å². The molecule has 0 N–H and O–H groups in total. The maximum absolute atomic E-state index is 2.54. The van der Waals surface area contributed by atoms with E-state index in [0.29, 0.717) is 3.42 Å². The Kier molecular flexibility index (Phi) is 4.28. The first-order valence-corrected chi connectivity index (χ1v) is 9.03. The normalized spacial score (nSPS) is 21.1. The molecule has 1 saturated carbocycles. The summed E-state index contributed by atoms with van der Waals surface area (Å²) < 4.78 is 1.94. The van der Waals surface area contributed by atoms with Crippen molar-refractivity contribution in [2.45, 2.75) is 43.0 Å². The van der Waals surface area contributed by atoms with Crippen molar-refractivity contribution in [3.8, 4) is 0 Å². The Morgan fingerprint density at radius 1 is 1.19 bits per heavy atom. The van der Waals surface area contributed by atoms with Gasteiger partial charge in [0.15, 0.2) is 0 Å². The van der Waals surface area contributed by atoms with Gasteiger partial charge >= 0.3 is 110 Å². The van der Waals surface area contributed by atoms with E-state index in [1.54, 1.807) is 5.56 Å². The second-order valence-corrected chi connectivity index (χ2v) is 9.35. The third-order valence-electron chi connectivity index (χ3n) is 3.87. The van der Waals surface area contributed by atoms with Gasteiger partial charge in [-0.25, -0.2) is 0 Å². The quantitative estimate of drug-likeness (QED) is 0.575. The number of alkyl halides is 2. The third-order valence-corrected chi connectivity index (χ3v) is 7.72. The van der Waals surface area contributed by atoms with Crippen molar-refractivity contribution >= 4 is 0 Å². The molecule has 1 heteroatoms. The predicted octanol–water partition coefficient (Wildman–Crippen LogP) is 1.20. The first-order chi connectivity index (χ1) is 7.77. The molecular formula is C15H22I-. The van der Waals surface area contributed by atoms with Crippen LogP contribution in [-0.4, -0.2) is 4.43 Å². The predicted molar refractivity (Wildman–Crippen MR) is 66.3 cm³/mol. The minimum absolute atomic E-state index is 0.287. The van der Waals surface area contributed by atoms with E-state index >= 15 is 0 Å². The molecule has 1 atom stereocenters. The fourth-order valence-electron chi connectivity index (χ4n) is 2.93. The topological polar surface area (TPSA) is 0 Å². The molecule has 0 amide bonds. The van der Waals surface area contributed by atoms with Crippen molar-refractivity contribution < 1.29 is 21.2 Å². The van der Waals surface area contributed by atoms with Gasteiger partial charge in [0.1, 0.15) is 0 Å². The van der Waals surface area contributed by atoms with Gasteiger partial charge in [-0.3, -0.25) is 0 Å². The van der Waals surface area contributed by atoms with E-state index in [0.717, 1.165) is 5.92 Å². The zero-order valence-corrected chi connectivity index (χ0v) is 12.5. The van der Waals surface area contributed by atoms with Crippen LogP contribution < -0.4 is 21.2 Å². The second kappa shape index (κ2) is 5.52. The summed E-state index contributed by atoms with van der Waals surface area (Å²) in [6, 6.07) is 11.3. The van der Waals surface area contributed by atoms with E-state index in [4.69, 9.17) is 0 Å². The number of hydrogen-bond acceptors (Lipinski definition) is 0. The van der Waals surface area contributed by atoms with Crippen LogP contribution >= 0.6 is 0 Å². The number of rotatable bonds is 4. The van der Waals surface area contributed by atoms with Crippen LogP contribution in [0.1, 0.15) is 45.1 Å². The Morgan fingerprint density at radius 3 is 2.38 bits per heavy atom. The van der Waals surface area contributed by atoms with E-state index < -0.39 is 0 Å². The van der Waals surface area contributed by atoms with Crippen molar-refractivity contribution in [3.63, 3.8) is 0 Å². The Bertz CT molecular complexity index is 313. The zero-order chi connectivity index (χ0) is 11.4. The van der Waals surface area contributed by atoms with Crippen molar-refractivity contribution in [3.05, 3.63) is 35.9 Å². The van der Waals surface area contributed by atoms with Gasteiger partial charge in [0.05, 0.1) is 0 Å². The molecular weight excluding hydrogens is 307 g/mol. The molecule has 0 aromatic heterocycles. The van der Waals surface area contributed by atoms with Gasteiger partial charge in [0.25, 0.3) is 0 Å². The maximum atomic E-state index is 2.54. The molecule has 1 fully saturated rings. The Hall–Kier alpha value is -0.0500. The van der Waals surface area contributed by atoms with E-state index in [1.807, 2.05) is 0 Å².